The molecule has 0 bridgehead atoms. The van der Waals surface area contributed by atoms with Crippen LogP contribution >= 0.6 is 0 Å². The van der Waals surface area contributed by atoms with Crippen LogP contribution in [0.3, 0.4) is 0 Å². The van der Waals surface area contributed by atoms with Crippen LogP contribution in [0.15, 0.2) is 18.2 Å². The zero-order chi connectivity index (χ0) is 14.8. The van der Waals surface area contributed by atoms with Gasteiger partial charge in [-0.25, -0.2) is 0 Å². The van der Waals surface area contributed by atoms with Crippen molar-refractivity contribution in [2.45, 2.75) is 25.1 Å². The van der Waals surface area contributed by atoms with Gasteiger partial charge in [0.25, 0.3) is 0 Å². The second-order valence-electron chi connectivity index (χ2n) is 4.85. The lowest BCUT2D eigenvalue weighted by atomic mass is 9.87. The second-order valence-corrected chi connectivity index (χ2v) is 4.85. The van der Waals surface area contributed by atoms with E-state index in [4.69, 9.17) is 9.47 Å². The van der Waals surface area contributed by atoms with Gasteiger partial charge in [-0.2, -0.15) is 13.2 Å². The van der Waals surface area contributed by atoms with Gasteiger partial charge in [0.05, 0.1) is 25.7 Å². The molecule has 2 atom stereocenters. The van der Waals surface area contributed by atoms with Crippen molar-refractivity contribution in [2.24, 2.45) is 5.92 Å². The van der Waals surface area contributed by atoms with Crippen molar-refractivity contribution in [2.75, 3.05) is 20.8 Å². The fourth-order valence-corrected chi connectivity index (χ4v) is 2.66. The molecule has 1 N–H and O–H groups in total. The molecular formula is C14H18F3NO2. The molecule has 20 heavy (non-hydrogen) atoms. The van der Waals surface area contributed by atoms with E-state index in [0.29, 0.717) is 23.6 Å². The van der Waals surface area contributed by atoms with Gasteiger partial charge in [0, 0.05) is 6.04 Å². The summed E-state index contributed by atoms with van der Waals surface area (Å²) in [7, 11) is 3.00. The summed E-state index contributed by atoms with van der Waals surface area (Å²) in [6.07, 6.45) is -4.05. The van der Waals surface area contributed by atoms with Gasteiger partial charge >= 0.3 is 6.18 Å². The van der Waals surface area contributed by atoms with E-state index in [1.54, 1.807) is 18.2 Å². The molecule has 1 aromatic carbocycles. The number of methoxy groups -OCH3 is 2. The van der Waals surface area contributed by atoms with Crippen LogP contribution in [0.1, 0.15) is 24.4 Å². The number of piperidine rings is 1. The first-order valence-corrected chi connectivity index (χ1v) is 6.48. The van der Waals surface area contributed by atoms with Crippen LogP contribution in [-0.2, 0) is 0 Å². The van der Waals surface area contributed by atoms with E-state index in [0.717, 1.165) is 0 Å². The molecule has 6 heteroatoms. The molecule has 0 saturated carbocycles. The highest BCUT2D eigenvalue weighted by molar-refractivity contribution is 5.47. The van der Waals surface area contributed by atoms with Crippen molar-refractivity contribution in [3.8, 4) is 11.5 Å². The van der Waals surface area contributed by atoms with E-state index in [9.17, 15) is 13.2 Å². The van der Waals surface area contributed by atoms with Gasteiger partial charge < -0.3 is 14.8 Å². The molecule has 0 aliphatic carbocycles. The highest BCUT2D eigenvalue weighted by atomic mass is 19.4. The van der Waals surface area contributed by atoms with Crippen molar-refractivity contribution >= 4 is 0 Å². The van der Waals surface area contributed by atoms with Crippen molar-refractivity contribution in [1.29, 1.82) is 0 Å². The zero-order valence-electron chi connectivity index (χ0n) is 11.5. The minimum atomic E-state index is -4.16. The van der Waals surface area contributed by atoms with Gasteiger partial charge in [0.15, 0.2) is 0 Å². The van der Waals surface area contributed by atoms with E-state index in [1.165, 1.54) is 14.2 Å². The lowest BCUT2D eigenvalue weighted by Gasteiger charge is -2.33. The molecule has 3 nitrogen and oxygen atoms in total. The third-order valence-corrected chi connectivity index (χ3v) is 3.68. The Morgan fingerprint density at radius 2 is 1.75 bits per heavy atom. The number of rotatable bonds is 3. The number of alkyl halides is 3. The minimum absolute atomic E-state index is 0.000231. The lowest BCUT2D eigenvalue weighted by molar-refractivity contribution is -0.183. The number of nitrogens with one attached hydrogen (secondary N) is 1. The van der Waals surface area contributed by atoms with E-state index < -0.39 is 18.1 Å². The number of hydrogen-bond donors (Lipinski definition) is 1. The summed E-state index contributed by atoms with van der Waals surface area (Å²) < 4.78 is 49.2. The standard InChI is InChI=1S/C14H18F3NO2/c1-19-11-4-3-5-12(20-2)13(11)10-8-9(6-7-18-10)14(15,16)17/h3-5,9-10,18H,6-8H2,1-2H3. The fraction of sp³-hybridized carbons (Fsp3) is 0.571. The SMILES string of the molecule is COc1cccc(OC)c1C1CC(C(F)(F)F)CCN1. The molecular weight excluding hydrogens is 271 g/mol. The molecule has 1 heterocycles. The third-order valence-electron chi connectivity index (χ3n) is 3.68. The van der Waals surface area contributed by atoms with Gasteiger partial charge in [-0.15, -0.1) is 0 Å². The molecule has 2 unspecified atom stereocenters. The normalized spacial score (nSPS) is 23.4. The van der Waals surface area contributed by atoms with Crippen LogP contribution in [0.25, 0.3) is 0 Å². The minimum Gasteiger partial charge on any atom is -0.496 e. The van der Waals surface area contributed by atoms with Gasteiger partial charge in [-0.05, 0) is 31.5 Å². The Morgan fingerprint density at radius 3 is 2.25 bits per heavy atom. The van der Waals surface area contributed by atoms with Gasteiger partial charge in [0.1, 0.15) is 11.5 Å². The third kappa shape index (κ3) is 3.00. The van der Waals surface area contributed by atoms with Crippen molar-refractivity contribution in [3.05, 3.63) is 23.8 Å². The monoisotopic (exact) mass is 289 g/mol. The molecule has 0 radical (unpaired) electrons. The second kappa shape index (κ2) is 5.91. The van der Waals surface area contributed by atoms with E-state index in [2.05, 4.69) is 5.32 Å². The first-order chi connectivity index (χ1) is 9.47. The molecule has 1 aliphatic heterocycles. The highest BCUT2D eigenvalue weighted by Gasteiger charge is 2.43. The quantitative estimate of drug-likeness (QED) is 0.926. The predicted octanol–water partition coefficient (Wildman–Crippen LogP) is 3.31. The smallest absolute Gasteiger partial charge is 0.391 e. The Labute approximate surface area is 116 Å². The van der Waals surface area contributed by atoms with Crippen LogP contribution in [0, 0.1) is 5.92 Å². The Balaban J connectivity index is 2.31. The van der Waals surface area contributed by atoms with E-state index in [-0.39, 0.29) is 12.8 Å². The Morgan fingerprint density at radius 1 is 1.15 bits per heavy atom. The van der Waals surface area contributed by atoms with Crippen LogP contribution in [0.5, 0.6) is 11.5 Å². The van der Waals surface area contributed by atoms with Crippen LogP contribution < -0.4 is 14.8 Å². The maximum atomic E-state index is 12.9. The topological polar surface area (TPSA) is 30.5 Å². The van der Waals surface area contributed by atoms with Gasteiger partial charge in [0.2, 0.25) is 0 Å². The largest absolute Gasteiger partial charge is 0.496 e. The zero-order valence-corrected chi connectivity index (χ0v) is 11.5. The summed E-state index contributed by atoms with van der Waals surface area (Å²) in [5.74, 6) is -0.197. The van der Waals surface area contributed by atoms with Crippen molar-refractivity contribution in [3.63, 3.8) is 0 Å². The summed E-state index contributed by atoms with van der Waals surface area (Å²) in [5, 5.41) is 3.13. The molecule has 1 saturated heterocycles. The van der Waals surface area contributed by atoms with Crippen molar-refractivity contribution < 1.29 is 22.6 Å². The van der Waals surface area contributed by atoms with Crippen LogP contribution in [0.4, 0.5) is 13.2 Å². The molecule has 112 valence electrons. The average molecular weight is 289 g/mol. The number of ether oxygens (including phenoxy) is 2. The van der Waals surface area contributed by atoms with Crippen LogP contribution in [-0.4, -0.2) is 26.9 Å². The maximum absolute atomic E-state index is 12.9. The molecule has 0 spiro atoms. The molecule has 2 rings (SSSR count). The van der Waals surface area contributed by atoms with Crippen LogP contribution in [0.2, 0.25) is 0 Å². The summed E-state index contributed by atoms with van der Waals surface area (Å²) >= 11 is 0. The average Bonchev–Trinajstić information content (AvgIpc) is 2.45. The Kier molecular flexibility index (Phi) is 4.42. The predicted molar refractivity (Wildman–Crippen MR) is 69.1 cm³/mol. The molecule has 0 amide bonds. The van der Waals surface area contributed by atoms with E-state index >= 15 is 0 Å². The van der Waals surface area contributed by atoms with Crippen molar-refractivity contribution in [1.82, 2.24) is 5.32 Å². The maximum Gasteiger partial charge on any atom is 0.391 e. The molecule has 0 aromatic heterocycles. The first kappa shape index (κ1) is 15.0. The summed E-state index contributed by atoms with van der Waals surface area (Å²) in [6.45, 7) is 0.329. The van der Waals surface area contributed by atoms with Gasteiger partial charge in [-0.1, -0.05) is 6.07 Å². The summed E-state index contributed by atoms with van der Waals surface area (Å²) in [4.78, 5) is 0. The van der Waals surface area contributed by atoms with E-state index in [1.807, 2.05) is 0 Å². The molecule has 1 aromatic rings. The Bertz CT molecular complexity index is 440. The number of halogens is 3. The van der Waals surface area contributed by atoms with Gasteiger partial charge in [-0.3, -0.25) is 0 Å². The summed E-state index contributed by atoms with van der Waals surface area (Å²) in [5.41, 5.74) is 0.659. The number of hydrogen-bond acceptors (Lipinski definition) is 3. The number of benzene rings is 1. The summed E-state index contributed by atoms with van der Waals surface area (Å²) in [6, 6.07) is 4.81. The highest BCUT2D eigenvalue weighted by Crippen LogP contribution is 2.43. The molecule has 1 aliphatic rings. The Hall–Kier alpha value is -1.43. The first-order valence-electron chi connectivity index (χ1n) is 6.48. The fourth-order valence-electron chi connectivity index (χ4n) is 2.66. The molecule has 1 fully saturated rings. The lowest BCUT2D eigenvalue weighted by Crippen LogP contribution is -2.38.